The largest absolute Gasteiger partial charge is 0.394 e. The first-order valence-corrected chi connectivity index (χ1v) is 12.2. The van der Waals surface area contributed by atoms with E-state index < -0.39 is 0 Å². The maximum absolute atomic E-state index is 10.7. The van der Waals surface area contributed by atoms with E-state index in [0.29, 0.717) is 37.6 Å². The Labute approximate surface area is 181 Å². The molecular formula is C25H42O5. The summed E-state index contributed by atoms with van der Waals surface area (Å²) in [5.41, 5.74) is 1.85. The third-order valence-corrected chi connectivity index (χ3v) is 9.48. The first-order valence-electron chi connectivity index (χ1n) is 12.2. The van der Waals surface area contributed by atoms with Gasteiger partial charge in [0.2, 0.25) is 0 Å². The first-order chi connectivity index (χ1) is 14.3. The molecule has 3 saturated carbocycles. The third-order valence-electron chi connectivity index (χ3n) is 9.48. The van der Waals surface area contributed by atoms with E-state index in [1.807, 2.05) is 6.92 Å². The van der Waals surface area contributed by atoms with E-state index in [1.54, 1.807) is 0 Å². The molecule has 0 aromatic carbocycles. The molecule has 5 nitrogen and oxygen atoms in total. The van der Waals surface area contributed by atoms with Crippen LogP contribution >= 0.6 is 0 Å². The summed E-state index contributed by atoms with van der Waals surface area (Å²) in [5, 5.41) is 29.8. The van der Waals surface area contributed by atoms with Gasteiger partial charge in [-0.25, -0.2) is 0 Å². The molecule has 0 aromatic rings. The average molecular weight is 423 g/mol. The maximum atomic E-state index is 10.7. The molecule has 0 saturated heterocycles. The van der Waals surface area contributed by atoms with E-state index in [0.717, 1.165) is 38.5 Å². The van der Waals surface area contributed by atoms with Crippen molar-refractivity contribution in [2.75, 3.05) is 26.4 Å². The van der Waals surface area contributed by atoms with E-state index in [4.69, 9.17) is 14.6 Å². The van der Waals surface area contributed by atoms with Crippen LogP contribution in [0.25, 0.3) is 0 Å². The maximum Gasteiger partial charge on any atom is 0.0704 e. The van der Waals surface area contributed by atoms with Crippen LogP contribution in [0.4, 0.5) is 0 Å². The van der Waals surface area contributed by atoms with Gasteiger partial charge in [0.05, 0.1) is 44.7 Å². The molecule has 4 aliphatic carbocycles. The van der Waals surface area contributed by atoms with E-state index >= 15 is 0 Å². The SMILES string of the molecule is C[C@H](O)[C@H]1[C@H](OCCOCCO)C[C@H]2[C@@H]3CC=C4C[C@@H](O)CC[C@]4(C)[C@H]3CC[C@]12C. The molecule has 5 heteroatoms. The lowest BCUT2D eigenvalue weighted by Crippen LogP contribution is -2.51. The minimum atomic E-state index is -0.380. The summed E-state index contributed by atoms with van der Waals surface area (Å²) in [6.07, 6.45) is 9.39. The average Bonchev–Trinajstić information content (AvgIpc) is 3.00. The smallest absolute Gasteiger partial charge is 0.0704 e. The summed E-state index contributed by atoms with van der Waals surface area (Å²) in [5.74, 6) is 2.06. The van der Waals surface area contributed by atoms with E-state index in [-0.39, 0.29) is 41.7 Å². The van der Waals surface area contributed by atoms with Crippen LogP contribution in [0.2, 0.25) is 0 Å². The summed E-state index contributed by atoms with van der Waals surface area (Å²) in [4.78, 5) is 0. The quantitative estimate of drug-likeness (QED) is 0.433. The zero-order valence-electron chi connectivity index (χ0n) is 19.1. The van der Waals surface area contributed by atoms with Gasteiger partial charge in [0.1, 0.15) is 0 Å². The highest BCUT2D eigenvalue weighted by Gasteiger charge is 2.62. The fourth-order valence-corrected chi connectivity index (χ4v) is 8.13. The topological polar surface area (TPSA) is 79.2 Å². The molecule has 0 heterocycles. The van der Waals surface area contributed by atoms with Crippen molar-refractivity contribution in [2.45, 2.75) is 84.0 Å². The van der Waals surface area contributed by atoms with Crippen LogP contribution in [0.15, 0.2) is 11.6 Å². The summed E-state index contributed by atoms with van der Waals surface area (Å²) in [7, 11) is 0. The Kier molecular flexibility index (Phi) is 6.68. The second-order valence-electron chi connectivity index (χ2n) is 10.9. The van der Waals surface area contributed by atoms with Crippen LogP contribution in [0.1, 0.15) is 65.7 Å². The van der Waals surface area contributed by atoms with Gasteiger partial charge in [0.25, 0.3) is 0 Å². The van der Waals surface area contributed by atoms with Gasteiger partial charge in [0, 0.05) is 5.92 Å². The molecule has 4 aliphatic rings. The predicted octanol–water partition coefficient (Wildman–Crippen LogP) is 3.31. The molecule has 9 atom stereocenters. The fourth-order valence-electron chi connectivity index (χ4n) is 8.13. The highest BCUT2D eigenvalue weighted by atomic mass is 16.5. The monoisotopic (exact) mass is 422 g/mol. The summed E-state index contributed by atoms with van der Waals surface area (Å²) >= 11 is 0. The molecule has 30 heavy (non-hydrogen) atoms. The standard InChI is InChI=1S/C25H42O5/c1-16(27)23-22(30-13-12-29-11-10-26)15-21-19-5-4-17-14-18(28)6-8-24(17,2)20(19)7-9-25(21,23)3/h4,16,18-23,26-28H,5-15H2,1-3H3/t16-,18-,19+,20-,21-,22+,23-,24-,25-/m0/s1. The van der Waals surface area contributed by atoms with Crippen molar-refractivity contribution in [1.29, 1.82) is 0 Å². The van der Waals surface area contributed by atoms with Gasteiger partial charge in [-0.1, -0.05) is 25.5 Å². The van der Waals surface area contributed by atoms with Gasteiger partial charge in [-0.15, -0.1) is 0 Å². The summed E-state index contributed by atoms with van der Waals surface area (Å²) in [6, 6.07) is 0. The van der Waals surface area contributed by atoms with E-state index in [1.165, 1.54) is 12.0 Å². The number of hydrogen-bond donors (Lipinski definition) is 3. The molecule has 0 unspecified atom stereocenters. The number of hydrogen-bond acceptors (Lipinski definition) is 5. The van der Waals surface area contributed by atoms with E-state index in [2.05, 4.69) is 19.9 Å². The first kappa shape index (κ1) is 22.7. The molecule has 3 fully saturated rings. The van der Waals surface area contributed by atoms with Crippen molar-refractivity contribution < 1.29 is 24.8 Å². The molecule has 0 amide bonds. The Bertz CT molecular complexity index is 633. The second-order valence-corrected chi connectivity index (χ2v) is 10.9. The van der Waals surface area contributed by atoms with Crippen molar-refractivity contribution in [3.8, 4) is 0 Å². The minimum Gasteiger partial charge on any atom is -0.394 e. The van der Waals surface area contributed by atoms with Crippen LogP contribution in [0, 0.1) is 34.5 Å². The Hall–Kier alpha value is -0.460. The number of fused-ring (bicyclic) bond motifs is 5. The lowest BCUT2D eigenvalue weighted by atomic mass is 9.47. The summed E-state index contributed by atoms with van der Waals surface area (Å²) < 4.78 is 11.7. The van der Waals surface area contributed by atoms with Crippen LogP contribution in [0.5, 0.6) is 0 Å². The highest BCUT2D eigenvalue weighted by molar-refractivity contribution is 5.25. The molecule has 0 radical (unpaired) electrons. The van der Waals surface area contributed by atoms with Gasteiger partial charge < -0.3 is 24.8 Å². The molecule has 4 rings (SSSR count). The molecule has 0 spiro atoms. The highest BCUT2D eigenvalue weighted by Crippen LogP contribution is 2.66. The Balaban J connectivity index is 1.52. The van der Waals surface area contributed by atoms with Crippen molar-refractivity contribution in [2.24, 2.45) is 34.5 Å². The number of aliphatic hydroxyl groups is 3. The van der Waals surface area contributed by atoms with Crippen molar-refractivity contribution in [1.82, 2.24) is 0 Å². The van der Waals surface area contributed by atoms with Gasteiger partial charge in [-0.05, 0) is 80.5 Å². The second kappa shape index (κ2) is 8.82. The molecule has 0 aliphatic heterocycles. The van der Waals surface area contributed by atoms with Gasteiger partial charge in [0.15, 0.2) is 0 Å². The van der Waals surface area contributed by atoms with Crippen LogP contribution < -0.4 is 0 Å². The zero-order chi connectivity index (χ0) is 21.5. The Morgan fingerprint density at radius 1 is 1.13 bits per heavy atom. The summed E-state index contributed by atoms with van der Waals surface area (Å²) in [6.45, 7) is 8.19. The number of aliphatic hydroxyl groups excluding tert-OH is 3. The van der Waals surface area contributed by atoms with Gasteiger partial charge >= 0.3 is 0 Å². The molecular weight excluding hydrogens is 380 g/mol. The molecule has 0 aromatic heterocycles. The third kappa shape index (κ3) is 3.79. The van der Waals surface area contributed by atoms with Crippen molar-refractivity contribution in [3.63, 3.8) is 0 Å². The predicted molar refractivity (Wildman–Crippen MR) is 116 cm³/mol. The lowest BCUT2D eigenvalue weighted by molar-refractivity contribution is -0.0888. The molecule has 0 bridgehead atoms. The number of rotatable bonds is 7. The van der Waals surface area contributed by atoms with Crippen LogP contribution in [0.3, 0.4) is 0 Å². The molecule has 3 N–H and O–H groups in total. The van der Waals surface area contributed by atoms with Crippen LogP contribution in [-0.4, -0.2) is 60.1 Å². The molecule has 172 valence electrons. The Morgan fingerprint density at radius 2 is 1.93 bits per heavy atom. The fraction of sp³-hybridized carbons (Fsp3) is 0.920. The van der Waals surface area contributed by atoms with Crippen molar-refractivity contribution in [3.05, 3.63) is 11.6 Å². The van der Waals surface area contributed by atoms with E-state index in [9.17, 15) is 10.2 Å². The van der Waals surface area contributed by atoms with Gasteiger partial charge in [-0.2, -0.15) is 0 Å². The number of ether oxygens (including phenoxy) is 2. The minimum absolute atomic E-state index is 0.0360. The lowest BCUT2D eigenvalue weighted by Gasteiger charge is -2.58. The van der Waals surface area contributed by atoms with Crippen molar-refractivity contribution >= 4 is 0 Å². The normalized spacial score (nSPS) is 46.5. The zero-order valence-corrected chi connectivity index (χ0v) is 19.1. The van der Waals surface area contributed by atoms with Gasteiger partial charge in [-0.3, -0.25) is 0 Å². The Morgan fingerprint density at radius 3 is 2.67 bits per heavy atom. The number of allylic oxidation sites excluding steroid dienone is 1. The van der Waals surface area contributed by atoms with Crippen LogP contribution in [-0.2, 0) is 9.47 Å².